The van der Waals surface area contributed by atoms with Crippen LogP contribution in [0.4, 0.5) is 18.9 Å². The summed E-state index contributed by atoms with van der Waals surface area (Å²) in [5.41, 5.74) is 1.19. The molecule has 1 amide bonds. The minimum absolute atomic E-state index is 0.236. The topological polar surface area (TPSA) is 77.2 Å². The van der Waals surface area contributed by atoms with Gasteiger partial charge in [-0.25, -0.2) is 4.98 Å². The molecule has 0 aliphatic heterocycles. The quantitative estimate of drug-likeness (QED) is 0.432. The first-order valence-electron chi connectivity index (χ1n) is 8.90. The molecule has 2 heterocycles. The SMILES string of the molecule is O=C(COc1cccc(C(F)(F)F)c1Cl)Nc1ccc2oc(-c3ccncc3)nc2c1. The maximum absolute atomic E-state index is 12.9. The molecule has 31 heavy (non-hydrogen) atoms. The van der Waals surface area contributed by atoms with E-state index in [1.165, 1.54) is 6.07 Å². The maximum Gasteiger partial charge on any atom is 0.417 e. The van der Waals surface area contributed by atoms with Gasteiger partial charge < -0.3 is 14.5 Å². The Morgan fingerprint density at radius 2 is 1.90 bits per heavy atom. The van der Waals surface area contributed by atoms with Crippen LogP contribution >= 0.6 is 11.6 Å². The van der Waals surface area contributed by atoms with E-state index in [9.17, 15) is 18.0 Å². The molecule has 0 saturated carbocycles. The van der Waals surface area contributed by atoms with Gasteiger partial charge in [0.2, 0.25) is 5.89 Å². The summed E-state index contributed by atoms with van der Waals surface area (Å²) in [6.07, 6.45) is -1.39. The third-order valence-corrected chi connectivity index (χ3v) is 4.62. The summed E-state index contributed by atoms with van der Waals surface area (Å²) in [6.45, 7) is -0.528. The first kappa shape index (κ1) is 20.7. The molecule has 10 heteroatoms. The van der Waals surface area contributed by atoms with E-state index in [1.54, 1.807) is 42.7 Å². The van der Waals surface area contributed by atoms with Crippen molar-refractivity contribution in [2.45, 2.75) is 6.18 Å². The molecule has 0 radical (unpaired) electrons. The van der Waals surface area contributed by atoms with Crippen molar-refractivity contribution in [2.24, 2.45) is 0 Å². The Morgan fingerprint density at radius 3 is 2.65 bits per heavy atom. The van der Waals surface area contributed by atoms with Crippen molar-refractivity contribution >= 4 is 34.3 Å². The molecule has 0 bridgehead atoms. The summed E-state index contributed by atoms with van der Waals surface area (Å²) in [6, 6.07) is 11.6. The van der Waals surface area contributed by atoms with Gasteiger partial charge in [-0.3, -0.25) is 9.78 Å². The Morgan fingerprint density at radius 1 is 1.13 bits per heavy atom. The first-order valence-corrected chi connectivity index (χ1v) is 9.28. The zero-order chi connectivity index (χ0) is 22.0. The number of benzene rings is 2. The molecule has 4 aromatic rings. The number of carbonyl (C=O) groups excluding carboxylic acids is 1. The van der Waals surface area contributed by atoms with E-state index in [-0.39, 0.29) is 5.75 Å². The van der Waals surface area contributed by atoms with Crippen LogP contribution in [0.1, 0.15) is 5.56 Å². The highest BCUT2D eigenvalue weighted by molar-refractivity contribution is 6.32. The number of ether oxygens (including phenoxy) is 1. The van der Waals surface area contributed by atoms with Gasteiger partial charge in [-0.1, -0.05) is 17.7 Å². The molecule has 0 fully saturated rings. The fourth-order valence-corrected chi connectivity index (χ4v) is 3.09. The summed E-state index contributed by atoms with van der Waals surface area (Å²) >= 11 is 5.76. The van der Waals surface area contributed by atoms with E-state index >= 15 is 0 Å². The number of pyridine rings is 1. The van der Waals surface area contributed by atoms with Crippen LogP contribution < -0.4 is 10.1 Å². The van der Waals surface area contributed by atoms with E-state index in [1.807, 2.05) is 0 Å². The van der Waals surface area contributed by atoms with Crippen molar-refractivity contribution in [1.82, 2.24) is 9.97 Å². The number of hydrogen-bond acceptors (Lipinski definition) is 5. The summed E-state index contributed by atoms with van der Waals surface area (Å²) in [5.74, 6) is -0.408. The van der Waals surface area contributed by atoms with E-state index < -0.39 is 29.3 Å². The van der Waals surface area contributed by atoms with Crippen molar-refractivity contribution in [1.29, 1.82) is 0 Å². The van der Waals surface area contributed by atoms with E-state index in [0.29, 0.717) is 22.7 Å². The number of nitrogens with one attached hydrogen (secondary N) is 1. The van der Waals surface area contributed by atoms with Crippen LogP contribution in [0.15, 0.2) is 65.3 Å². The number of halogens is 4. The highest BCUT2D eigenvalue weighted by atomic mass is 35.5. The van der Waals surface area contributed by atoms with Crippen LogP contribution in [0.3, 0.4) is 0 Å². The predicted molar refractivity (Wildman–Crippen MR) is 108 cm³/mol. The molecule has 0 spiro atoms. The maximum atomic E-state index is 12.9. The summed E-state index contributed by atoms with van der Waals surface area (Å²) in [5, 5.41) is 2.00. The van der Waals surface area contributed by atoms with Gasteiger partial charge >= 0.3 is 6.18 Å². The lowest BCUT2D eigenvalue weighted by Gasteiger charge is -2.13. The zero-order valence-corrected chi connectivity index (χ0v) is 16.4. The third-order valence-electron chi connectivity index (χ3n) is 4.23. The van der Waals surface area contributed by atoms with Crippen molar-refractivity contribution in [3.63, 3.8) is 0 Å². The van der Waals surface area contributed by atoms with Gasteiger partial charge in [0.1, 0.15) is 11.3 Å². The molecule has 0 atom stereocenters. The van der Waals surface area contributed by atoms with Crippen LogP contribution in [0.25, 0.3) is 22.6 Å². The molecule has 158 valence electrons. The molecule has 4 rings (SSSR count). The summed E-state index contributed by atoms with van der Waals surface area (Å²) in [4.78, 5) is 20.5. The lowest BCUT2D eigenvalue weighted by molar-refractivity contribution is -0.137. The third kappa shape index (κ3) is 4.61. The lowest BCUT2D eigenvalue weighted by atomic mass is 10.2. The predicted octanol–water partition coefficient (Wildman–Crippen LogP) is 5.58. The van der Waals surface area contributed by atoms with E-state index in [0.717, 1.165) is 17.7 Å². The largest absolute Gasteiger partial charge is 0.482 e. The normalized spacial score (nSPS) is 11.5. The number of amides is 1. The molecule has 0 aliphatic rings. The number of nitrogens with zero attached hydrogens (tertiary/aromatic N) is 2. The van der Waals surface area contributed by atoms with Crippen LogP contribution in [0.2, 0.25) is 5.02 Å². The second-order valence-corrected chi connectivity index (χ2v) is 6.77. The highest BCUT2D eigenvalue weighted by Gasteiger charge is 2.34. The zero-order valence-electron chi connectivity index (χ0n) is 15.6. The molecule has 2 aromatic heterocycles. The first-order chi connectivity index (χ1) is 14.8. The number of oxazole rings is 1. The molecule has 0 unspecified atom stereocenters. The Balaban J connectivity index is 1.44. The second-order valence-electron chi connectivity index (χ2n) is 6.39. The lowest BCUT2D eigenvalue weighted by Crippen LogP contribution is -2.20. The van der Waals surface area contributed by atoms with Crippen LogP contribution in [0.5, 0.6) is 5.75 Å². The van der Waals surface area contributed by atoms with Crippen LogP contribution in [-0.2, 0) is 11.0 Å². The molecule has 0 aliphatic carbocycles. The smallest absolute Gasteiger partial charge is 0.417 e. The van der Waals surface area contributed by atoms with Gasteiger partial charge in [-0.2, -0.15) is 13.2 Å². The monoisotopic (exact) mass is 447 g/mol. The van der Waals surface area contributed by atoms with Crippen molar-refractivity contribution in [2.75, 3.05) is 11.9 Å². The second kappa shape index (κ2) is 8.27. The Labute approximate surface area is 178 Å². The highest BCUT2D eigenvalue weighted by Crippen LogP contribution is 2.39. The fourth-order valence-electron chi connectivity index (χ4n) is 2.80. The van der Waals surface area contributed by atoms with E-state index in [2.05, 4.69) is 15.3 Å². The van der Waals surface area contributed by atoms with Gasteiger partial charge in [0.25, 0.3) is 5.91 Å². The standard InChI is InChI=1S/C21H13ClF3N3O3/c22-19-14(21(23,24)25)2-1-3-17(19)30-11-18(29)27-13-4-5-16-15(10-13)28-20(31-16)12-6-8-26-9-7-12/h1-10H,11H2,(H,27,29). The minimum Gasteiger partial charge on any atom is -0.482 e. The number of anilines is 1. The molecule has 1 N–H and O–H groups in total. The molecule has 6 nitrogen and oxygen atoms in total. The average molecular weight is 448 g/mol. The molecule has 0 saturated heterocycles. The number of fused-ring (bicyclic) bond motifs is 1. The van der Waals surface area contributed by atoms with Gasteiger partial charge in [0.05, 0.1) is 10.6 Å². The van der Waals surface area contributed by atoms with Crippen molar-refractivity contribution < 1.29 is 27.1 Å². The molecular weight excluding hydrogens is 435 g/mol. The van der Waals surface area contributed by atoms with Gasteiger partial charge in [-0.15, -0.1) is 0 Å². The fraction of sp³-hybridized carbons (Fsp3) is 0.0952. The average Bonchev–Trinajstić information content (AvgIpc) is 3.16. The van der Waals surface area contributed by atoms with Crippen molar-refractivity contribution in [3.05, 3.63) is 71.5 Å². The van der Waals surface area contributed by atoms with Crippen LogP contribution in [-0.4, -0.2) is 22.5 Å². The number of rotatable bonds is 5. The minimum atomic E-state index is -4.62. The van der Waals surface area contributed by atoms with Gasteiger partial charge in [-0.05, 0) is 42.5 Å². The Bertz CT molecular complexity index is 1240. The molecular formula is C21H13ClF3N3O3. The summed E-state index contributed by atoms with van der Waals surface area (Å²) in [7, 11) is 0. The van der Waals surface area contributed by atoms with Crippen molar-refractivity contribution in [3.8, 4) is 17.2 Å². The van der Waals surface area contributed by atoms with Gasteiger partial charge in [0.15, 0.2) is 12.2 Å². The van der Waals surface area contributed by atoms with E-state index in [4.69, 9.17) is 20.8 Å². The van der Waals surface area contributed by atoms with Gasteiger partial charge in [0, 0.05) is 23.6 Å². The Hall–Kier alpha value is -3.59. The number of aromatic nitrogens is 2. The number of alkyl halides is 3. The summed E-state index contributed by atoms with van der Waals surface area (Å²) < 4.78 is 49.6. The Kier molecular flexibility index (Phi) is 5.51. The number of hydrogen-bond donors (Lipinski definition) is 1. The molecule has 2 aromatic carbocycles. The van der Waals surface area contributed by atoms with Crippen LogP contribution in [0, 0.1) is 0 Å². The number of carbonyl (C=O) groups is 1.